The number of rotatable bonds is 2. The van der Waals surface area contributed by atoms with Gasteiger partial charge in [-0.3, -0.25) is 0 Å². The summed E-state index contributed by atoms with van der Waals surface area (Å²) in [6, 6.07) is 17.4. The van der Waals surface area contributed by atoms with Gasteiger partial charge in [0.2, 0.25) is 0 Å². The molecule has 0 amide bonds. The molecule has 0 saturated heterocycles. The molecule has 0 saturated carbocycles. The fourth-order valence-electron chi connectivity index (χ4n) is 3.24. The number of hydrogen-bond donors (Lipinski definition) is 0. The maximum Gasteiger partial charge on any atom is 0.143 e. The smallest absolute Gasteiger partial charge is 0.143 e. The van der Waals surface area contributed by atoms with Crippen molar-refractivity contribution < 1.29 is 4.42 Å². The molecule has 1 heteroatoms. The summed E-state index contributed by atoms with van der Waals surface area (Å²) in [5, 5.41) is 4.99. The van der Waals surface area contributed by atoms with Gasteiger partial charge < -0.3 is 4.42 Å². The van der Waals surface area contributed by atoms with Crippen LogP contribution < -0.4 is 0 Å². The standard InChI is InChI=1S/C20H18O/c1-3-13-9-10-17-18(11-13)21-20-16-8-6-5-7-15(16)12-14(4-2)19(17)20/h5-12H,3-4H2,1-2H3. The molecule has 21 heavy (non-hydrogen) atoms. The van der Waals surface area contributed by atoms with Crippen molar-refractivity contribution in [3.63, 3.8) is 0 Å². The van der Waals surface area contributed by atoms with Crippen LogP contribution in [-0.4, -0.2) is 0 Å². The third-order valence-electron chi connectivity index (χ3n) is 4.40. The van der Waals surface area contributed by atoms with Crippen LogP contribution in [0.15, 0.2) is 52.9 Å². The summed E-state index contributed by atoms with van der Waals surface area (Å²) in [5.41, 5.74) is 4.74. The fraction of sp³-hybridized carbons (Fsp3) is 0.200. The van der Waals surface area contributed by atoms with Crippen LogP contribution in [0, 0.1) is 0 Å². The number of benzene rings is 3. The molecular weight excluding hydrogens is 256 g/mol. The number of hydrogen-bond acceptors (Lipinski definition) is 1. The van der Waals surface area contributed by atoms with Gasteiger partial charge in [0.25, 0.3) is 0 Å². The van der Waals surface area contributed by atoms with Gasteiger partial charge in [-0.15, -0.1) is 0 Å². The minimum atomic E-state index is 1.01. The number of aryl methyl sites for hydroxylation is 2. The molecule has 4 aromatic rings. The van der Waals surface area contributed by atoms with E-state index in [1.165, 1.54) is 32.7 Å². The summed E-state index contributed by atoms with van der Waals surface area (Å²) in [5.74, 6) is 0. The van der Waals surface area contributed by atoms with E-state index in [0.717, 1.165) is 24.0 Å². The quantitative estimate of drug-likeness (QED) is 0.446. The van der Waals surface area contributed by atoms with Gasteiger partial charge in [-0.1, -0.05) is 56.3 Å². The maximum atomic E-state index is 6.25. The molecule has 4 rings (SSSR count). The Labute approximate surface area is 124 Å². The lowest BCUT2D eigenvalue weighted by Crippen LogP contribution is -1.84. The first kappa shape index (κ1) is 12.5. The van der Waals surface area contributed by atoms with Crippen LogP contribution in [0.3, 0.4) is 0 Å². The molecule has 0 atom stereocenters. The molecule has 1 nitrogen and oxygen atoms in total. The lowest BCUT2D eigenvalue weighted by atomic mass is 9.98. The Kier molecular flexibility index (Phi) is 2.75. The van der Waals surface area contributed by atoms with Crippen molar-refractivity contribution in [2.24, 2.45) is 0 Å². The van der Waals surface area contributed by atoms with E-state index >= 15 is 0 Å². The van der Waals surface area contributed by atoms with Crippen LogP contribution in [0.25, 0.3) is 32.7 Å². The maximum absolute atomic E-state index is 6.25. The van der Waals surface area contributed by atoms with Crippen LogP contribution in [0.2, 0.25) is 0 Å². The highest BCUT2D eigenvalue weighted by Gasteiger charge is 2.14. The molecule has 0 unspecified atom stereocenters. The second-order valence-corrected chi connectivity index (χ2v) is 5.60. The largest absolute Gasteiger partial charge is 0.455 e. The topological polar surface area (TPSA) is 13.1 Å². The van der Waals surface area contributed by atoms with Gasteiger partial charge in [0, 0.05) is 16.2 Å². The van der Waals surface area contributed by atoms with E-state index in [2.05, 4.69) is 62.4 Å². The van der Waals surface area contributed by atoms with Gasteiger partial charge in [-0.05, 0) is 35.4 Å². The van der Waals surface area contributed by atoms with Crippen molar-refractivity contribution in [2.75, 3.05) is 0 Å². The number of furan rings is 1. The molecule has 0 radical (unpaired) electrons. The van der Waals surface area contributed by atoms with Gasteiger partial charge in [0.05, 0.1) is 0 Å². The van der Waals surface area contributed by atoms with Gasteiger partial charge in [-0.2, -0.15) is 0 Å². The highest BCUT2D eigenvalue weighted by atomic mass is 16.3. The molecule has 1 heterocycles. The van der Waals surface area contributed by atoms with Crippen molar-refractivity contribution >= 4 is 32.7 Å². The first-order chi connectivity index (χ1) is 10.3. The molecule has 0 spiro atoms. The lowest BCUT2D eigenvalue weighted by molar-refractivity contribution is 0.671. The lowest BCUT2D eigenvalue weighted by Gasteiger charge is -2.04. The Balaban J connectivity index is 2.24. The Morgan fingerprint density at radius 1 is 0.857 bits per heavy atom. The van der Waals surface area contributed by atoms with Crippen molar-refractivity contribution in [2.45, 2.75) is 26.7 Å². The van der Waals surface area contributed by atoms with Crippen LogP contribution >= 0.6 is 0 Å². The zero-order valence-electron chi connectivity index (χ0n) is 12.4. The van der Waals surface area contributed by atoms with Crippen molar-refractivity contribution in [3.8, 4) is 0 Å². The summed E-state index contributed by atoms with van der Waals surface area (Å²) in [4.78, 5) is 0. The van der Waals surface area contributed by atoms with E-state index in [0.29, 0.717) is 0 Å². The molecule has 0 fully saturated rings. The average Bonchev–Trinajstić information content (AvgIpc) is 2.92. The highest BCUT2D eigenvalue weighted by Crippen LogP contribution is 2.37. The molecule has 0 aliphatic carbocycles. The van der Waals surface area contributed by atoms with Crippen LogP contribution in [0.1, 0.15) is 25.0 Å². The Morgan fingerprint density at radius 3 is 2.52 bits per heavy atom. The molecule has 0 N–H and O–H groups in total. The Bertz CT molecular complexity index is 960. The molecule has 0 aliphatic rings. The van der Waals surface area contributed by atoms with Gasteiger partial charge in [0.15, 0.2) is 0 Å². The van der Waals surface area contributed by atoms with Gasteiger partial charge >= 0.3 is 0 Å². The molecule has 3 aromatic carbocycles. The Hall–Kier alpha value is -2.28. The summed E-state index contributed by atoms with van der Waals surface area (Å²) >= 11 is 0. The van der Waals surface area contributed by atoms with Crippen LogP contribution in [0.4, 0.5) is 0 Å². The summed E-state index contributed by atoms with van der Waals surface area (Å²) < 4.78 is 6.25. The zero-order valence-corrected chi connectivity index (χ0v) is 12.4. The molecule has 0 aliphatic heterocycles. The van der Waals surface area contributed by atoms with Gasteiger partial charge in [0.1, 0.15) is 11.2 Å². The van der Waals surface area contributed by atoms with Crippen LogP contribution in [-0.2, 0) is 12.8 Å². The SMILES string of the molecule is CCc1ccc2c(c1)oc1c3ccccc3cc(CC)c21. The second kappa shape index (κ2) is 4.63. The third-order valence-corrected chi connectivity index (χ3v) is 4.40. The fourth-order valence-corrected chi connectivity index (χ4v) is 3.24. The number of fused-ring (bicyclic) bond motifs is 5. The van der Waals surface area contributed by atoms with Gasteiger partial charge in [-0.25, -0.2) is 0 Å². The summed E-state index contributed by atoms with van der Waals surface area (Å²) in [7, 11) is 0. The molecule has 0 bridgehead atoms. The molecular formula is C20H18O. The van der Waals surface area contributed by atoms with E-state index in [-0.39, 0.29) is 0 Å². The summed E-state index contributed by atoms with van der Waals surface area (Å²) in [6.45, 7) is 4.39. The predicted octanol–water partition coefficient (Wildman–Crippen LogP) is 5.86. The van der Waals surface area contributed by atoms with E-state index in [1.54, 1.807) is 0 Å². The molecule has 1 aromatic heterocycles. The van der Waals surface area contributed by atoms with Crippen molar-refractivity contribution in [1.82, 2.24) is 0 Å². The normalized spacial score (nSPS) is 11.7. The first-order valence-corrected chi connectivity index (χ1v) is 7.67. The van der Waals surface area contributed by atoms with Crippen molar-refractivity contribution in [1.29, 1.82) is 0 Å². The van der Waals surface area contributed by atoms with E-state index < -0.39 is 0 Å². The first-order valence-electron chi connectivity index (χ1n) is 7.67. The third kappa shape index (κ3) is 1.77. The van der Waals surface area contributed by atoms with Crippen LogP contribution in [0.5, 0.6) is 0 Å². The molecule has 104 valence electrons. The monoisotopic (exact) mass is 274 g/mol. The zero-order chi connectivity index (χ0) is 14.4. The minimum Gasteiger partial charge on any atom is -0.455 e. The highest BCUT2D eigenvalue weighted by molar-refractivity contribution is 6.16. The van der Waals surface area contributed by atoms with Crippen molar-refractivity contribution in [3.05, 3.63) is 59.7 Å². The van der Waals surface area contributed by atoms with E-state index in [1.807, 2.05) is 0 Å². The minimum absolute atomic E-state index is 1.01. The predicted molar refractivity (Wildman–Crippen MR) is 90.0 cm³/mol. The van der Waals surface area contributed by atoms with E-state index in [4.69, 9.17) is 4.42 Å². The Morgan fingerprint density at radius 2 is 1.71 bits per heavy atom. The summed E-state index contributed by atoms with van der Waals surface area (Å²) in [6.07, 6.45) is 2.06. The second-order valence-electron chi connectivity index (χ2n) is 5.60. The average molecular weight is 274 g/mol. The van der Waals surface area contributed by atoms with E-state index in [9.17, 15) is 0 Å².